The largest absolute Gasteiger partial charge is 0.326 e. The van der Waals surface area contributed by atoms with Crippen molar-refractivity contribution < 1.29 is 4.79 Å². The Morgan fingerprint density at radius 1 is 0.938 bits per heavy atom. The van der Waals surface area contributed by atoms with E-state index in [0.29, 0.717) is 29.6 Å². The smallest absolute Gasteiger partial charge is 0.261 e. The standard InChI is InChI=1S/C27H27N3O2/c1-3-8-25-29-24-16-15-22(28-26(31)4-2)17-23(24)27(32)30(25)18-19-11-13-21(14-12-19)20-9-6-5-7-10-20/h5-7,9-17H,3-4,8,18H2,1-2H3,(H,28,31). The van der Waals surface area contributed by atoms with E-state index in [-0.39, 0.29) is 11.5 Å². The first-order valence-electron chi connectivity index (χ1n) is 11.1. The van der Waals surface area contributed by atoms with Crippen molar-refractivity contribution in [3.63, 3.8) is 0 Å². The molecule has 162 valence electrons. The fourth-order valence-corrected chi connectivity index (χ4v) is 3.79. The Morgan fingerprint density at radius 3 is 2.34 bits per heavy atom. The minimum Gasteiger partial charge on any atom is -0.326 e. The first-order valence-corrected chi connectivity index (χ1v) is 11.1. The average molecular weight is 426 g/mol. The van der Waals surface area contributed by atoms with Gasteiger partial charge in [-0.05, 0) is 41.3 Å². The quantitative estimate of drug-likeness (QED) is 0.430. The third kappa shape index (κ3) is 4.62. The van der Waals surface area contributed by atoms with Crippen molar-refractivity contribution >= 4 is 22.5 Å². The van der Waals surface area contributed by atoms with Crippen LogP contribution in [0.5, 0.6) is 0 Å². The van der Waals surface area contributed by atoms with Crippen LogP contribution in [0, 0.1) is 0 Å². The minimum absolute atomic E-state index is 0.0845. The van der Waals surface area contributed by atoms with Crippen LogP contribution in [0.4, 0.5) is 5.69 Å². The predicted octanol–water partition coefficient (Wildman–Crippen LogP) is 5.41. The lowest BCUT2D eigenvalue weighted by atomic mass is 10.0. The van der Waals surface area contributed by atoms with E-state index >= 15 is 0 Å². The number of anilines is 1. The molecule has 1 N–H and O–H groups in total. The Hall–Kier alpha value is -3.73. The van der Waals surface area contributed by atoms with Gasteiger partial charge in [-0.1, -0.05) is 68.4 Å². The lowest BCUT2D eigenvalue weighted by Gasteiger charge is -2.14. The molecule has 1 amide bonds. The lowest BCUT2D eigenvalue weighted by molar-refractivity contribution is -0.115. The number of amides is 1. The summed E-state index contributed by atoms with van der Waals surface area (Å²) in [6, 6.07) is 23.8. The molecule has 0 saturated heterocycles. The maximum atomic E-state index is 13.4. The highest BCUT2D eigenvalue weighted by atomic mass is 16.1. The second-order valence-corrected chi connectivity index (χ2v) is 7.87. The van der Waals surface area contributed by atoms with Gasteiger partial charge < -0.3 is 5.32 Å². The highest BCUT2D eigenvalue weighted by Gasteiger charge is 2.13. The van der Waals surface area contributed by atoms with Gasteiger partial charge in [0.25, 0.3) is 5.56 Å². The number of carbonyl (C=O) groups excluding carboxylic acids is 1. The van der Waals surface area contributed by atoms with E-state index in [9.17, 15) is 9.59 Å². The number of nitrogens with one attached hydrogen (secondary N) is 1. The van der Waals surface area contributed by atoms with Crippen molar-refractivity contribution in [1.29, 1.82) is 0 Å². The summed E-state index contributed by atoms with van der Waals surface area (Å²) in [5.74, 6) is 0.696. The van der Waals surface area contributed by atoms with Gasteiger partial charge >= 0.3 is 0 Å². The van der Waals surface area contributed by atoms with Crippen molar-refractivity contribution in [1.82, 2.24) is 9.55 Å². The number of benzene rings is 3. The summed E-state index contributed by atoms with van der Waals surface area (Å²) in [6.07, 6.45) is 2.01. The molecule has 5 heteroatoms. The van der Waals surface area contributed by atoms with Gasteiger partial charge in [0.05, 0.1) is 17.4 Å². The number of hydrogen-bond donors (Lipinski definition) is 1. The van der Waals surface area contributed by atoms with Gasteiger partial charge in [-0.2, -0.15) is 0 Å². The lowest BCUT2D eigenvalue weighted by Crippen LogP contribution is -2.26. The Bertz CT molecular complexity index is 1290. The van der Waals surface area contributed by atoms with Gasteiger partial charge in [0, 0.05) is 18.5 Å². The molecule has 5 nitrogen and oxygen atoms in total. The molecule has 0 radical (unpaired) electrons. The van der Waals surface area contributed by atoms with E-state index in [1.54, 1.807) is 29.7 Å². The molecule has 0 saturated carbocycles. The van der Waals surface area contributed by atoms with Crippen LogP contribution >= 0.6 is 0 Å². The number of hydrogen-bond acceptors (Lipinski definition) is 3. The van der Waals surface area contributed by atoms with Gasteiger partial charge in [-0.25, -0.2) is 4.98 Å². The summed E-state index contributed by atoms with van der Waals surface area (Å²) in [5.41, 5.74) is 4.54. The predicted molar refractivity (Wildman–Crippen MR) is 130 cm³/mol. The summed E-state index contributed by atoms with van der Waals surface area (Å²) in [5, 5.41) is 3.34. The Morgan fingerprint density at radius 2 is 1.66 bits per heavy atom. The highest BCUT2D eigenvalue weighted by Crippen LogP contribution is 2.21. The minimum atomic E-state index is -0.0850. The SMILES string of the molecule is CCCc1nc2ccc(NC(=O)CC)cc2c(=O)n1Cc1ccc(-c2ccccc2)cc1. The summed E-state index contributed by atoms with van der Waals surface area (Å²) < 4.78 is 1.76. The summed E-state index contributed by atoms with van der Waals surface area (Å²) >= 11 is 0. The van der Waals surface area contributed by atoms with Gasteiger partial charge in [0.2, 0.25) is 5.91 Å². The molecule has 0 spiro atoms. The normalized spacial score (nSPS) is 10.9. The first kappa shape index (κ1) is 21.5. The van der Waals surface area contributed by atoms with Crippen LogP contribution in [0.3, 0.4) is 0 Å². The third-order valence-electron chi connectivity index (χ3n) is 5.51. The molecular weight excluding hydrogens is 398 g/mol. The zero-order valence-electron chi connectivity index (χ0n) is 18.5. The number of aromatic nitrogens is 2. The second-order valence-electron chi connectivity index (χ2n) is 7.87. The van der Waals surface area contributed by atoms with E-state index in [1.807, 2.05) is 18.2 Å². The highest BCUT2D eigenvalue weighted by molar-refractivity contribution is 5.93. The Kier molecular flexibility index (Phi) is 6.45. The zero-order valence-corrected chi connectivity index (χ0v) is 18.5. The molecule has 0 aliphatic carbocycles. The maximum absolute atomic E-state index is 13.4. The van der Waals surface area contributed by atoms with Crippen molar-refractivity contribution in [3.05, 3.63) is 94.5 Å². The molecule has 3 aromatic carbocycles. The molecule has 0 atom stereocenters. The molecule has 0 aliphatic rings. The zero-order chi connectivity index (χ0) is 22.5. The molecule has 1 heterocycles. The number of fused-ring (bicyclic) bond motifs is 1. The Labute approximate surface area is 187 Å². The topological polar surface area (TPSA) is 64.0 Å². The fraction of sp³-hybridized carbons (Fsp3) is 0.222. The molecule has 0 fully saturated rings. The van der Waals surface area contributed by atoms with Crippen LogP contribution in [0.2, 0.25) is 0 Å². The molecule has 4 rings (SSSR count). The van der Waals surface area contributed by atoms with Gasteiger partial charge in [-0.3, -0.25) is 14.2 Å². The molecule has 4 aromatic rings. The maximum Gasteiger partial charge on any atom is 0.261 e. The molecule has 0 unspecified atom stereocenters. The van der Waals surface area contributed by atoms with E-state index in [2.05, 4.69) is 48.6 Å². The number of aryl methyl sites for hydroxylation is 1. The second kappa shape index (κ2) is 9.60. The molecular formula is C27H27N3O2. The van der Waals surface area contributed by atoms with E-state index in [1.165, 1.54) is 0 Å². The number of carbonyl (C=O) groups is 1. The number of nitrogens with zero attached hydrogens (tertiary/aromatic N) is 2. The van der Waals surface area contributed by atoms with Crippen molar-refractivity contribution in [3.8, 4) is 11.1 Å². The van der Waals surface area contributed by atoms with Crippen LogP contribution in [0.25, 0.3) is 22.0 Å². The van der Waals surface area contributed by atoms with Gasteiger partial charge in [0.1, 0.15) is 5.82 Å². The molecule has 32 heavy (non-hydrogen) atoms. The van der Waals surface area contributed by atoms with Gasteiger partial charge in [0.15, 0.2) is 0 Å². The van der Waals surface area contributed by atoms with Crippen molar-refractivity contribution in [2.45, 2.75) is 39.7 Å². The third-order valence-corrected chi connectivity index (χ3v) is 5.51. The molecule has 0 aliphatic heterocycles. The van der Waals surface area contributed by atoms with E-state index in [0.717, 1.165) is 35.4 Å². The summed E-state index contributed by atoms with van der Waals surface area (Å²) in [6.45, 7) is 4.33. The first-order chi connectivity index (χ1) is 15.6. The number of rotatable bonds is 7. The van der Waals surface area contributed by atoms with E-state index in [4.69, 9.17) is 4.98 Å². The van der Waals surface area contributed by atoms with E-state index < -0.39 is 0 Å². The van der Waals surface area contributed by atoms with Crippen molar-refractivity contribution in [2.24, 2.45) is 0 Å². The van der Waals surface area contributed by atoms with Gasteiger partial charge in [-0.15, -0.1) is 0 Å². The molecule has 0 bridgehead atoms. The monoisotopic (exact) mass is 425 g/mol. The Balaban J connectivity index is 1.71. The summed E-state index contributed by atoms with van der Waals surface area (Å²) in [7, 11) is 0. The van der Waals surface area contributed by atoms with Crippen molar-refractivity contribution in [2.75, 3.05) is 5.32 Å². The molecule has 1 aromatic heterocycles. The van der Waals surface area contributed by atoms with Crippen LogP contribution in [0.15, 0.2) is 77.6 Å². The van der Waals surface area contributed by atoms with Crippen LogP contribution in [-0.4, -0.2) is 15.5 Å². The average Bonchev–Trinajstić information content (AvgIpc) is 2.83. The fourth-order valence-electron chi connectivity index (χ4n) is 3.79. The van der Waals surface area contributed by atoms with Crippen LogP contribution < -0.4 is 10.9 Å². The van der Waals surface area contributed by atoms with Crippen LogP contribution in [-0.2, 0) is 17.8 Å². The summed E-state index contributed by atoms with van der Waals surface area (Å²) in [4.78, 5) is 30.0. The van der Waals surface area contributed by atoms with Crippen LogP contribution in [0.1, 0.15) is 38.1 Å².